The number of aromatic nitrogens is 1. The lowest BCUT2D eigenvalue weighted by Gasteiger charge is -2.34. The van der Waals surface area contributed by atoms with Gasteiger partial charge >= 0.3 is 0 Å². The normalized spacial score (nSPS) is 17.3. The highest BCUT2D eigenvalue weighted by Gasteiger charge is 2.36. The number of ether oxygens (including phenoxy) is 2. The van der Waals surface area contributed by atoms with Crippen molar-refractivity contribution in [3.63, 3.8) is 0 Å². The van der Waals surface area contributed by atoms with E-state index in [-0.39, 0.29) is 5.60 Å². The smallest absolute Gasteiger partial charge is 0.115 e. The van der Waals surface area contributed by atoms with Crippen molar-refractivity contribution in [2.24, 2.45) is 0 Å². The van der Waals surface area contributed by atoms with Crippen molar-refractivity contribution < 1.29 is 9.47 Å². The summed E-state index contributed by atoms with van der Waals surface area (Å²) in [7, 11) is 1.76. The molecule has 116 valence electrons. The maximum Gasteiger partial charge on any atom is 0.115 e. The molecule has 1 aromatic heterocycles. The number of methoxy groups -OCH3 is 1. The summed E-state index contributed by atoms with van der Waals surface area (Å²) in [5, 5.41) is 3.16. The van der Waals surface area contributed by atoms with Crippen LogP contribution >= 0.6 is 23.6 Å². The number of benzene rings is 1. The van der Waals surface area contributed by atoms with Crippen LogP contribution in [0.4, 0.5) is 0 Å². The third-order valence-electron chi connectivity index (χ3n) is 4.12. The van der Waals surface area contributed by atoms with E-state index in [0.717, 1.165) is 47.2 Å². The molecule has 0 saturated carbocycles. The van der Waals surface area contributed by atoms with Crippen LogP contribution in [-0.4, -0.2) is 30.2 Å². The molecular formula is C17H19NO2S2. The van der Waals surface area contributed by atoms with Gasteiger partial charge in [-0.15, -0.1) is 11.3 Å². The van der Waals surface area contributed by atoms with Crippen LogP contribution in [0.15, 0.2) is 35.7 Å². The molecule has 1 aliphatic rings. The number of hydrogen-bond donors (Lipinski definition) is 0. The van der Waals surface area contributed by atoms with E-state index in [1.54, 1.807) is 18.4 Å². The van der Waals surface area contributed by atoms with Gasteiger partial charge in [0.15, 0.2) is 0 Å². The molecular weight excluding hydrogens is 314 g/mol. The lowest BCUT2D eigenvalue weighted by atomic mass is 9.91. The Morgan fingerprint density at radius 3 is 2.73 bits per heavy atom. The highest BCUT2D eigenvalue weighted by molar-refractivity contribution is 7.80. The summed E-state index contributed by atoms with van der Waals surface area (Å²) < 4.78 is 11.3. The van der Waals surface area contributed by atoms with E-state index in [2.05, 4.69) is 5.38 Å². The Bertz CT molecular complexity index is 633. The lowest BCUT2D eigenvalue weighted by Crippen LogP contribution is -2.36. The van der Waals surface area contributed by atoms with Crippen molar-refractivity contribution in [1.82, 2.24) is 4.98 Å². The lowest BCUT2D eigenvalue weighted by molar-refractivity contribution is -0.0970. The molecule has 0 radical (unpaired) electrons. The Morgan fingerprint density at radius 1 is 1.32 bits per heavy atom. The van der Waals surface area contributed by atoms with E-state index < -0.39 is 0 Å². The average molecular weight is 333 g/mol. The van der Waals surface area contributed by atoms with E-state index in [0.29, 0.717) is 6.42 Å². The average Bonchev–Trinajstić information content (AvgIpc) is 3.05. The predicted octanol–water partition coefficient (Wildman–Crippen LogP) is 3.76. The van der Waals surface area contributed by atoms with Crippen molar-refractivity contribution >= 4 is 28.4 Å². The van der Waals surface area contributed by atoms with E-state index in [9.17, 15) is 0 Å². The third kappa shape index (κ3) is 3.27. The Morgan fingerprint density at radius 2 is 2.05 bits per heavy atom. The van der Waals surface area contributed by atoms with Crippen molar-refractivity contribution in [3.8, 4) is 0 Å². The number of thiazole rings is 1. The molecule has 2 heterocycles. The maximum atomic E-state index is 5.80. The van der Waals surface area contributed by atoms with Gasteiger partial charge in [-0.1, -0.05) is 42.5 Å². The van der Waals surface area contributed by atoms with Crippen LogP contribution in [0.2, 0.25) is 0 Å². The van der Waals surface area contributed by atoms with Crippen LogP contribution < -0.4 is 0 Å². The minimum Gasteiger partial charge on any atom is -0.381 e. The number of hydrogen-bond acceptors (Lipinski definition) is 5. The highest BCUT2D eigenvalue weighted by atomic mass is 32.1. The Labute approximate surface area is 140 Å². The van der Waals surface area contributed by atoms with Crippen LogP contribution in [0, 0.1) is 0 Å². The molecule has 1 aromatic carbocycles. The molecule has 3 rings (SSSR count). The fourth-order valence-electron chi connectivity index (χ4n) is 2.73. The number of rotatable bonds is 5. The maximum absolute atomic E-state index is 5.80. The van der Waals surface area contributed by atoms with Gasteiger partial charge in [0.1, 0.15) is 5.60 Å². The molecule has 0 amide bonds. The van der Waals surface area contributed by atoms with Crippen molar-refractivity contribution in [3.05, 3.63) is 52.0 Å². The Kier molecular flexibility index (Phi) is 4.98. The van der Waals surface area contributed by atoms with Crippen molar-refractivity contribution in [2.75, 3.05) is 20.3 Å². The highest BCUT2D eigenvalue weighted by Crippen LogP contribution is 2.36. The molecule has 0 aliphatic carbocycles. The minimum absolute atomic E-state index is 0.290. The van der Waals surface area contributed by atoms with E-state index in [1.165, 1.54) is 0 Å². The van der Waals surface area contributed by atoms with E-state index >= 15 is 0 Å². The van der Waals surface area contributed by atoms with E-state index in [4.69, 9.17) is 26.7 Å². The molecule has 1 fully saturated rings. The number of nitrogens with zero attached hydrogens (tertiary/aromatic N) is 1. The fourth-order valence-corrected chi connectivity index (χ4v) is 3.99. The van der Waals surface area contributed by atoms with E-state index in [1.807, 2.05) is 30.3 Å². The first-order chi connectivity index (χ1) is 10.7. The van der Waals surface area contributed by atoms with Crippen LogP contribution in [0.1, 0.15) is 29.1 Å². The van der Waals surface area contributed by atoms with Gasteiger partial charge in [0.2, 0.25) is 0 Å². The first kappa shape index (κ1) is 15.7. The number of thiocarbonyl (C=S) groups is 1. The van der Waals surface area contributed by atoms with Crippen LogP contribution in [-0.2, 0) is 21.5 Å². The van der Waals surface area contributed by atoms with Crippen molar-refractivity contribution in [2.45, 2.75) is 24.9 Å². The standard InChI is InChI=1S/C17H19NO2S2/c1-19-17(7-9-20-10-8-17)15-12-22-16(18-15)11-14(21)13-5-3-2-4-6-13/h2-6,12H,7-11H2,1H3. The summed E-state index contributed by atoms with van der Waals surface area (Å²) in [6, 6.07) is 10.1. The largest absolute Gasteiger partial charge is 0.381 e. The molecule has 1 saturated heterocycles. The van der Waals surface area contributed by atoms with Gasteiger partial charge < -0.3 is 9.47 Å². The third-order valence-corrected chi connectivity index (χ3v) is 5.35. The van der Waals surface area contributed by atoms with Gasteiger partial charge in [0, 0.05) is 49.8 Å². The summed E-state index contributed by atoms with van der Waals surface area (Å²) in [5.74, 6) is 0. The second kappa shape index (κ2) is 6.96. The fraction of sp³-hybridized carbons (Fsp3) is 0.412. The zero-order valence-corrected chi connectivity index (χ0v) is 14.2. The van der Waals surface area contributed by atoms with Crippen LogP contribution in [0.3, 0.4) is 0 Å². The molecule has 0 atom stereocenters. The Balaban J connectivity index is 1.75. The second-order valence-corrected chi connectivity index (χ2v) is 6.84. The monoisotopic (exact) mass is 333 g/mol. The van der Waals surface area contributed by atoms with Gasteiger partial charge in [-0.3, -0.25) is 0 Å². The summed E-state index contributed by atoms with van der Waals surface area (Å²) in [6.45, 7) is 1.45. The predicted molar refractivity (Wildman–Crippen MR) is 92.7 cm³/mol. The van der Waals surface area contributed by atoms with Gasteiger partial charge in [0.25, 0.3) is 0 Å². The molecule has 5 heteroatoms. The quantitative estimate of drug-likeness (QED) is 0.616. The van der Waals surface area contributed by atoms with Gasteiger partial charge in [-0.05, 0) is 5.56 Å². The molecule has 0 N–H and O–H groups in total. The van der Waals surface area contributed by atoms with Crippen LogP contribution in [0.5, 0.6) is 0 Å². The second-order valence-electron chi connectivity index (χ2n) is 5.40. The Hall–Kier alpha value is -1.14. The molecule has 2 aromatic rings. The van der Waals surface area contributed by atoms with Gasteiger partial charge in [0.05, 0.1) is 10.7 Å². The first-order valence-electron chi connectivity index (χ1n) is 7.39. The molecule has 1 aliphatic heterocycles. The summed E-state index contributed by atoms with van der Waals surface area (Å²) in [5.41, 5.74) is 1.83. The zero-order valence-electron chi connectivity index (χ0n) is 12.6. The van der Waals surface area contributed by atoms with Crippen molar-refractivity contribution in [1.29, 1.82) is 0 Å². The van der Waals surface area contributed by atoms with Gasteiger partial charge in [-0.2, -0.15) is 0 Å². The summed E-state index contributed by atoms with van der Waals surface area (Å²) >= 11 is 7.20. The van der Waals surface area contributed by atoms with Crippen LogP contribution in [0.25, 0.3) is 0 Å². The molecule has 22 heavy (non-hydrogen) atoms. The molecule has 0 spiro atoms. The summed E-state index contributed by atoms with van der Waals surface area (Å²) in [6.07, 6.45) is 2.42. The zero-order chi connectivity index (χ0) is 15.4. The first-order valence-corrected chi connectivity index (χ1v) is 8.68. The van der Waals surface area contributed by atoms with Gasteiger partial charge in [-0.25, -0.2) is 4.98 Å². The summed E-state index contributed by atoms with van der Waals surface area (Å²) in [4.78, 5) is 5.72. The molecule has 0 bridgehead atoms. The molecule has 0 unspecified atom stereocenters. The molecule has 3 nitrogen and oxygen atoms in total. The topological polar surface area (TPSA) is 31.4 Å². The minimum atomic E-state index is -0.290. The SMILES string of the molecule is COC1(c2csc(CC(=S)c3ccccc3)n2)CCOCC1.